The van der Waals surface area contributed by atoms with Gasteiger partial charge in [-0.25, -0.2) is 4.98 Å². The highest BCUT2D eigenvalue weighted by Gasteiger charge is 2.46. The number of H-pyrrole nitrogens is 1. The first-order valence-corrected chi connectivity index (χ1v) is 20.5. The van der Waals surface area contributed by atoms with Crippen molar-refractivity contribution >= 4 is 52.2 Å². The molecule has 0 saturated carbocycles. The topological polar surface area (TPSA) is 201 Å². The van der Waals surface area contributed by atoms with Crippen molar-refractivity contribution in [2.75, 3.05) is 25.0 Å². The normalized spacial score (nSPS) is 17.9. The fourth-order valence-corrected chi connectivity index (χ4v) is 8.07. The number of unbranched alkanes of at least 4 members (excludes halogenated alkanes) is 3. The molecule has 4 N–H and O–H groups in total. The molecule has 8 rings (SSSR count). The van der Waals surface area contributed by atoms with Crippen LogP contribution in [0.3, 0.4) is 0 Å². The number of carbonyl (C=O) groups is 6. The van der Waals surface area contributed by atoms with Crippen LogP contribution in [0.2, 0.25) is 0 Å². The molecule has 3 aromatic carbocycles. The molecule has 0 bridgehead atoms. The molecule has 5 aromatic rings. The smallest absolute Gasteiger partial charge is 0.266 e. The van der Waals surface area contributed by atoms with Crippen LogP contribution in [-0.4, -0.2) is 96.8 Å². The Bertz CT molecular complexity index is 2460. The van der Waals surface area contributed by atoms with Gasteiger partial charge in [0.1, 0.15) is 17.6 Å². The van der Waals surface area contributed by atoms with Gasteiger partial charge in [0.05, 0.1) is 34.9 Å². The van der Waals surface area contributed by atoms with Gasteiger partial charge in [0.15, 0.2) is 6.61 Å². The molecule has 2 saturated heterocycles. The van der Waals surface area contributed by atoms with Gasteiger partial charge in [-0.05, 0) is 93.6 Å². The van der Waals surface area contributed by atoms with Crippen LogP contribution in [0.5, 0.6) is 5.75 Å². The number of aromatic amines is 1. The van der Waals surface area contributed by atoms with Gasteiger partial charge in [-0.2, -0.15) is 5.10 Å². The number of aryl methyl sites for hydroxylation is 1. The lowest BCUT2D eigenvalue weighted by Crippen LogP contribution is -2.54. The number of imidazole rings is 1. The Kier molecular flexibility index (Phi) is 11.8. The van der Waals surface area contributed by atoms with Crippen molar-refractivity contribution in [1.29, 1.82) is 0 Å². The largest absolute Gasteiger partial charge is 0.483 e. The number of hydrogen-bond donors (Lipinski definition) is 4. The third-order valence-corrected chi connectivity index (χ3v) is 11.4. The van der Waals surface area contributed by atoms with Crippen LogP contribution >= 0.6 is 0 Å². The van der Waals surface area contributed by atoms with E-state index in [1.54, 1.807) is 6.07 Å². The minimum atomic E-state index is -1.09. The number of ether oxygens (including phenoxy) is 1. The summed E-state index contributed by atoms with van der Waals surface area (Å²) in [5.41, 5.74) is 5.03. The first-order chi connectivity index (χ1) is 29.1. The van der Waals surface area contributed by atoms with Crippen LogP contribution in [0.4, 0.5) is 5.69 Å². The number of hydrogen-bond acceptors (Lipinski definition) is 10. The summed E-state index contributed by atoms with van der Waals surface area (Å²) in [6.45, 7) is 4.98. The van der Waals surface area contributed by atoms with Gasteiger partial charge in [-0.15, -0.1) is 0 Å². The van der Waals surface area contributed by atoms with Crippen LogP contribution in [0.15, 0.2) is 73.1 Å². The van der Waals surface area contributed by atoms with Crippen LogP contribution < -0.4 is 20.7 Å². The summed E-state index contributed by atoms with van der Waals surface area (Å²) in [5, 5.41) is 12.5. The van der Waals surface area contributed by atoms with Gasteiger partial charge in [0, 0.05) is 48.6 Å². The summed E-state index contributed by atoms with van der Waals surface area (Å²) < 4.78 is 7.56. The van der Waals surface area contributed by atoms with Crippen molar-refractivity contribution in [1.82, 2.24) is 40.2 Å². The lowest BCUT2D eigenvalue weighted by atomic mass is 10.0. The molecule has 3 aliphatic rings. The van der Waals surface area contributed by atoms with Crippen LogP contribution in [0.1, 0.15) is 95.2 Å². The van der Waals surface area contributed by atoms with Crippen molar-refractivity contribution in [3.05, 3.63) is 95.6 Å². The first kappa shape index (κ1) is 40.1. The Morgan fingerprint density at radius 1 is 0.933 bits per heavy atom. The number of fused-ring (bicyclic) bond motifs is 2. The minimum Gasteiger partial charge on any atom is -0.483 e. The molecule has 6 amide bonds. The van der Waals surface area contributed by atoms with Gasteiger partial charge in [0.2, 0.25) is 11.8 Å². The number of aromatic nitrogens is 4. The quantitative estimate of drug-likeness (QED) is 0.0791. The molecule has 2 atom stereocenters. The van der Waals surface area contributed by atoms with E-state index in [4.69, 9.17) is 9.72 Å². The Morgan fingerprint density at radius 3 is 2.57 bits per heavy atom. The third-order valence-electron chi connectivity index (χ3n) is 11.4. The maximum Gasteiger partial charge on any atom is 0.266 e. The SMILES string of the molecule is C[C@H]1CCCN1Cc1nc2ccc(NC(=O)c3ccc(-c4cnn(CCCCCCNC(=O)COc5cccc6c5C(=O)N(C5CCC(=O)NC5=O)C6=O)c4)cc3)cc2[nH]1. The second kappa shape index (κ2) is 17.7. The predicted molar refractivity (Wildman–Crippen MR) is 221 cm³/mol. The molecule has 0 radical (unpaired) electrons. The van der Waals surface area contributed by atoms with Gasteiger partial charge in [0.25, 0.3) is 23.6 Å². The highest BCUT2D eigenvalue weighted by Crippen LogP contribution is 2.34. The Hall–Kier alpha value is -6.68. The molecule has 1 unspecified atom stereocenters. The molecule has 60 heavy (non-hydrogen) atoms. The highest BCUT2D eigenvalue weighted by molar-refractivity contribution is 6.24. The van der Waals surface area contributed by atoms with E-state index in [9.17, 15) is 28.8 Å². The van der Waals surface area contributed by atoms with Crippen molar-refractivity contribution in [3.8, 4) is 16.9 Å². The molecular formula is C44H47N9O7. The average molecular weight is 814 g/mol. The third kappa shape index (κ3) is 8.83. The number of anilines is 1. The van der Waals surface area contributed by atoms with Gasteiger partial charge in [-0.1, -0.05) is 31.0 Å². The van der Waals surface area contributed by atoms with Crippen LogP contribution in [0, 0.1) is 0 Å². The monoisotopic (exact) mass is 813 g/mol. The van der Waals surface area contributed by atoms with Crippen molar-refractivity contribution in [2.45, 2.75) is 83.5 Å². The molecule has 2 fully saturated rings. The minimum absolute atomic E-state index is 0.00107. The second-order valence-electron chi connectivity index (χ2n) is 15.6. The molecule has 310 valence electrons. The molecule has 0 aliphatic carbocycles. The zero-order chi connectivity index (χ0) is 41.8. The molecule has 5 heterocycles. The fraction of sp³-hybridized carbons (Fsp3) is 0.364. The van der Waals surface area contributed by atoms with Crippen LogP contribution in [0.25, 0.3) is 22.2 Å². The summed E-state index contributed by atoms with van der Waals surface area (Å²) in [4.78, 5) is 87.3. The van der Waals surface area contributed by atoms with Crippen molar-refractivity contribution < 1.29 is 33.5 Å². The van der Waals surface area contributed by atoms with Crippen molar-refractivity contribution in [2.24, 2.45) is 0 Å². The number of carbonyl (C=O) groups excluding carboxylic acids is 6. The average Bonchev–Trinajstić information content (AvgIpc) is 4.04. The maximum absolute atomic E-state index is 13.2. The van der Waals surface area contributed by atoms with E-state index in [1.165, 1.54) is 25.0 Å². The Morgan fingerprint density at radius 2 is 1.77 bits per heavy atom. The van der Waals surface area contributed by atoms with Crippen molar-refractivity contribution in [3.63, 3.8) is 0 Å². The number of likely N-dealkylation sites (tertiary alicyclic amines) is 1. The lowest BCUT2D eigenvalue weighted by molar-refractivity contribution is -0.136. The van der Waals surface area contributed by atoms with Crippen LogP contribution in [-0.2, 0) is 27.5 Å². The molecule has 0 spiro atoms. The number of benzene rings is 3. The first-order valence-electron chi connectivity index (χ1n) is 20.5. The highest BCUT2D eigenvalue weighted by atomic mass is 16.5. The summed E-state index contributed by atoms with van der Waals surface area (Å²) >= 11 is 0. The number of rotatable bonds is 16. The Labute approximate surface area is 346 Å². The molecular weight excluding hydrogens is 767 g/mol. The van der Waals surface area contributed by atoms with E-state index in [-0.39, 0.29) is 48.1 Å². The molecule has 2 aromatic heterocycles. The van der Waals surface area contributed by atoms with E-state index >= 15 is 0 Å². The second-order valence-corrected chi connectivity index (χ2v) is 15.6. The Balaban J connectivity index is 0.729. The number of nitrogens with one attached hydrogen (secondary N) is 4. The van der Waals surface area contributed by atoms with E-state index < -0.39 is 29.7 Å². The summed E-state index contributed by atoms with van der Waals surface area (Å²) in [6.07, 6.45) is 9.81. The lowest BCUT2D eigenvalue weighted by Gasteiger charge is -2.27. The number of amides is 6. The predicted octanol–water partition coefficient (Wildman–Crippen LogP) is 4.82. The van der Waals surface area contributed by atoms with Gasteiger partial charge in [-0.3, -0.25) is 48.6 Å². The van der Waals surface area contributed by atoms with E-state index in [0.29, 0.717) is 23.8 Å². The van der Waals surface area contributed by atoms with Gasteiger partial charge >= 0.3 is 0 Å². The number of imide groups is 2. The zero-order valence-electron chi connectivity index (χ0n) is 33.4. The standard InChI is InChI=1S/C44H47N9O7/c1-27-8-7-20-51(27)25-37-48-33-16-15-31(22-34(33)49-37)47-41(56)29-13-11-28(12-14-29)30-23-46-52(24-30)21-5-3-2-4-19-45-39(55)26-60-36-10-6-9-32-40(36)44(59)53(43(32)58)35-17-18-38(54)50-42(35)57/h6,9-16,22-24,27,35H,2-5,7-8,17-21,25-26H2,1H3,(H,45,55)(H,47,56)(H,48,49)(H,50,54,57)/t27-,35?/m0/s1. The molecule has 3 aliphatic heterocycles. The summed E-state index contributed by atoms with van der Waals surface area (Å²) in [5.74, 6) is -2.03. The maximum atomic E-state index is 13.2. The van der Waals surface area contributed by atoms with E-state index in [1.807, 2.05) is 59.5 Å². The van der Waals surface area contributed by atoms with Gasteiger partial charge < -0.3 is 20.4 Å². The van der Waals surface area contributed by atoms with E-state index in [0.717, 1.165) is 78.2 Å². The number of nitrogens with zero attached hydrogens (tertiary/aromatic N) is 5. The summed E-state index contributed by atoms with van der Waals surface area (Å²) in [7, 11) is 0. The number of piperidine rings is 1. The fourth-order valence-electron chi connectivity index (χ4n) is 8.07. The van der Waals surface area contributed by atoms with E-state index in [2.05, 4.69) is 37.9 Å². The zero-order valence-corrected chi connectivity index (χ0v) is 33.4. The molecule has 16 nitrogen and oxygen atoms in total. The summed E-state index contributed by atoms with van der Waals surface area (Å²) in [6, 6.07) is 17.2. The molecule has 16 heteroatoms.